The first-order chi connectivity index (χ1) is 12.1. The summed E-state index contributed by atoms with van der Waals surface area (Å²) in [7, 11) is 0. The van der Waals surface area contributed by atoms with Gasteiger partial charge in [-0.3, -0.25) is 4.90 Å². The average Bonchev–Trinajstić information content (AvgIpc) is 2.67. The number of nitrogens with two attached hydrogens (primary N) is 1. The Hall–Kier alpha value is -2.55. The van der Waals surface area contributed by atoms with Crippen LogP contribution in [-0.4, -0.2) is 24.5 Å². The number of hydrogen-bond acceptors (Lipinski definition) is 5. The van der Waals surface area contributed by atoms with Gasteiger partial charge in [0.1, 0.15) is 6.07 Å². The van der Waals surface area contributed by atoms with Gasteiger partial charge in [-0.15, -0.1) is 0 Å². The Kier molecular flexibility index (Phi) is 4.67. The SMILES string of the molecule is CCN1CC=C2C(C#N)=C(N)C(C#N)(C#N)[C@H]([C@H]3C=CCCC3)[C@H]2C1. The Labute approximate surface area is 149 Å². The summed E-state index contributed by atoms with van der Waals surface area (Å²) in [6.45, 7) is 4.55. The van der Waals surface area contributed by atoms with Gasteiger partial charge in [0.25, 0.3) is 0 Å². The molecule has 3 aliphatic rings. The predicted molar refractivity (Wildman–Crippen MR) is 94.1 cm³/mol. The third-order valence-corrected chi connectivity index (χ3v) is 6.00. The fourth-order valence-electron chi connectivity index (χ4n) is 4.69. The van der Waals surface area contributed by atoms with Crippen LogP contribution in [0, 0.1) is 57.2 Å². The van der Waals surface area contributed by atoms with Crippen LogP contribution in [0.15, 0.2) is 35.1 Å². The molecule has 0 aromatic carbocycles. The molecule has 2 N–H and O–H groups in total. The number of likely N-dealkylation sites (N-methyl/N-ethyl adjacent to an activating group) is 1. The van der Waals surface area contributed by atoms with E-state index < -0.39 is 5.41 Å². The molecular weight excluding hydrogens is 310 g/mol. The number of hydrogen-bond donors (Lipinski definition) is 1. The van der Waals surface area contributed by atoms with Crippen LogP contribution >= 0.6 is 0 Å². The van der Waals surface area contributed by atoms with Gasteiger partial charge in [0.05, 0.1) is 23.4 Å². The van der Waals surface area contributed by atoms with Gasteiger partial charge in [-0.25, -0.2) is 0 Å². The second-order valence-corrected chi connectivity index (χ2v) is 7.10. The lowest BCUT2D eigenvalue weighted by Crippen LogP contribution is -2.51. The predicted octanol–water partition coefficient (Wildman–Crippen LogP) is 2.62. The van der Waals surface area contributed by atoms with Gasteiger partial charge < -0.3 is 5.73 Å². The molecule has 5 nitrogen and oxygen atoms in total. The van der Waals surface area contributed by atoms with E-state index in [4.69, 9.17) is 5.73 Å². The molecule has 3 atom stereocenters. The van der Waals surface area contributed by atoms with Crippen LogP contribution in [0.3, 0.4) is 0 Å². The monoisotopic (exact) mass is 333 g/mol. The van der Waals surface area contributed by atoms with E-state index in [9.17, 15) is 15.8 Å². The third-order valence-electron chi connectivity index (χ3n) is 6.00. The molecule has 3 rings (SSSR count). The van der Waals surface area contributed by atoms with Gasteiger partial charge in [-0.1, -0.05) is 25.2 Å². The summed E-state index contributed by atoms with van der Waals surface area (Å²) in [5.74, 6) is -0.0866. The Morgan fingerprint density at radius 1 is 1.32 bits per heavy atom. The van der Waals surface area contributed by atoms with Crippen molar-refractivity contribution in [2.24, 2.45) is 28.9 Å². The Bertz CT molecular complexity index is 753. The number of allylic oxidation sites excluding steroid dienone is 4. The van der Waals surface area contributed by atoms with E-state index in [0.717, 1.165) is 44.5 Å². The molecule has 25 heavy (non-hydrogen) atoms. The lowest BCUT2D eigenvalue weighted by molar-refractivity contribution is 0.130. The number of fused-ring (bicyclic) bond motifs is 1. The highest BCUT2D eigenvalue weighted by atomic mass is 15.1. The van der Waals surface area contributed by atoms with Gasteiger partial charge >= 0.3 is 0 Å². The number of nitrogens with zero attached hydrogens (tertiary/aromatic N) is 4. The Morgan fingerprint density at radius 2 is 2.08 bits per heavy atom. The third kappa shape index (κ3) is 2.55. The van der Waals surface area contributed by atoms with Crippen molar-refractivity contribution < 1.29 is 0 Å². The van der Waals surface area contributed by atoms with Gasteiger partial charge in [0.15, 0.2) is 5.41 Å². The minimum absolute atomic E-state index is 0.0114. The van der Waals surface area contributed by atoms with Crippen molar-refractivity contribution in [1.82, 2.24) is 4.90 Å². The average molecular weight is 333 g/mol. The lowest BCUT2D eigenvalue weighted by Gasteiger charge is -2.48. The van der Waals surface area contributed by atoms with Crippen molar-refractivity contribution >= 4 is 0 Å². The topological polar surface area (TPSA) is 101 Å². The maximum Gasteiger partial charge on any atom is 0.187 e. The molecule has 1 aliphatic heterocycles. The van der Waals surface area contributed by atoms with Crippen LogP contribution in [-0.2, 0) is 0 Å². The maximum atomic E-state index is 9.99. The van der Waals surface area contributed by atoms with Crippen molar-refractivity contribution in [1.29, 1.82) is 15.8 Å². The zero-order valence-corrected chi connectivity index (χ0v) is 14.6. The quantitative estimate of drug-likeness (QED) is 0.783. The molecule has 0 spiro atoms. The Balaban J connectivity index is 2.22. The zero-order chi connectivity index (χ0) is 18.0. The van der Waals surface area contributed by atoms with Crippen molar-refractivity contribution in [3.05, 3.63) is 35.1 Å². The fourth-order valence-corrected chi connectivity index (χ4v) is 4.69. The standard InChI is InChI=1S/C20H23N5/c1-2-25-9-8-15-16(10-21)19(24)20(12-22,13-23)18(17(15)11-25)14-6-4-3-5-7-14/h4,6,8,14,17-18H,2-3,5,7,9,11,24H2,1H3/t14-,17-,18+/m0/s1. The van der Waals surface area contributed by atoms with Crippen molar-refractivity contribution in [3.8, 4) is 18.2 Å². The summed E-state index contributed by atoms with van der Waals surface area (Å²) in [5.41, 5.74) is 6.30. The highest BCUT2D eigenvalue weighted by Crippen LogP contribution is 2.53. The molecule has 0 saturated heterocycles. The second-order valence-electron chi connectivity index (χ2n) is 7.10. The van der Waals surface area contributed by atoms with E-state index in [2.05, 4.69) is 48.3 Å². The molecule has 5 heteroatoms. The van der Waals surface area contributed by atoms with Crippen LogP contribution in [0.25, 0.3) is 0 Å². The van der Waals surface area contributed by atoms with Gasteiger partial charge in [-0.2, -0.15) is 15.8 Å². The maximum absolute atomic E-state index is 9.99. The molecule has 0 amide bonds. The molecule has 1 heterocycles. The van der Waals surface area contributed by atoms with Crippen molar-refractivity contribution in [2.75, 3.05) is 19.6 Å². The molecule has 128 valence electrons. The highest BCUT2D eigenvalue weighted by Gasteiger charge is 2.55. The minimum Gasteiger partial charge on any atom is -0.399 e. The molecule has 0 aromatic rings. The van der Waals surface area contributed by atoms with Crippen molar-refractivity contribution in [3.63, 3.8) is 0 Å². The number of rotatable bonds is 2. The van der Waals surface area contributed by atoms with E-state index in [0.29, 0.717) is 5.57 Å². The fraction of sp³-hybridized carbons (Fsp3) is 0.550. The molecule has 0 aromatic heterocycles. The molecular formula is C20H23N5. The van der Waals surface area contributed by atoms with Crippen LogP contribution in [0.2, 0.25) is 0 Å². The smallest absolute Gasteiger partial charge is 0.187 e. The summed E-state index contributed by atoms with van der Waals surface area (Å²) in [4.78, 5) is 2.30. The minimum atomic E-state index is -1.43. The largest absolute Gasteiger partial charge is 0.399 e. The van der Waals surface area contributed by atoms with E-state index in [1.165, 1.54) is 0 Å². The first kappa shape index (κ1) is 17.3. The first-order valence-electron chi connectivity index (χ1n) is 8.95. The summed E-state index contributed by atoms with van der Waals surface area (Å²) in [5, 5.41) is 29.6. The lowest BCUT2D eigenvalue weighted by atomic mass is 9.55. The molecule has 0 unspecified atom stereocenters. The number of nitriles is 3. The molecule has 0 saturated carbocycles. The van der Waals surface area contributed by atoms with Gasteiger partial charge in [0.2, 0.25) is 0 Å². The van der Waals surface area contributed by atoms with Crippen molar-refractivity contribution in [2.45, 2.75) is 26.2 Å². The normalized spacial score (nSPS) is 31.3. The first-order valence-corrected chi connectivity index (χ1v) is 8.95. The van der Waals surface area contributed by atoms with Crippen LogP contribution < -0.4 is 5.73 Å². The molecule has 0 fully saturated rings. The molecule has 2 aliphatic carbocycles. The second kappa shape index (κ2) is 6.75. The highest BCUT2D eigenvalue weighted by molar-refractivity contribution is 5.57. The molecule has 0 bridgehead atoms. The van der Waals surface area contributed by atoms with E-state index >= 15 is 0 Å². The van der Waals surface area contributed by atoms with Gasteiger partial charge in [0, 0.05) is 24.9 Å². The molecule has 0 radical (unpaired) electrons. The summed E-state index contributed by atoms with van der Waals surface area (Å²) in [6.07, 6.45) is 9.43. The van der Waals surface area contributed by atoms with E-state index in [1.807, 2.05) is 0 Å². The zero-order valence-electron chi connectivity index (χ0n) is 14.6. The van der Waals surface area contributed by atoms with E-state index in [-0.39, 0.29) is 23.5 Å². The Morgan fingerprint density at radius 3 is 2.64 bits per heavy atom. The van der Waals surface area contributed by atoms with Crippen LogP contribution in [0.1, 0.15) is 26.2 Å². The summed E-state index contributed by atoms with van der Waals surface area (Å²) < 4.78 is 0. The van der Waals surface area contributed by atoms with Crippen LogP contribution in [0.5, 0.6) is 0 Å². The van der Waals surface area contributed by atoms with Crippen LogP contribution in [0.4, 0.5) is 0 Å². The van der Waals surface area contributed by atoms with E-state index in [1.54, 1.807) is 0 Å². The summed E-state index contributed by atoms with van der Waals surface area (Å²) >= 11 is 0. The van der Waals surface area contributed by atoms with Gasteiger partial charge in [-0.05, 0) is 37.3 Å². The summed E-state index contributed by atoms with van der Waals surface area (Å²) in [6, 6.07) is 6.62.